The van der Waals surface area contributed by atoms with Gasteiger partial charge in [0.15, 0.2) is 5.16 Å². The Balaban J connectivity index is 1.33. The summed E-state index contributed by atoms with van der Waals surface area (Å²) in [7, 11) is 0. The van der Waals surface area contributed by atoms with Gasteiger partial charge in [-0.1, -0.05) is 35.5 Å². The Kier molecular flexibility index (Phi) is 6.13. The van der Waals surface area contributed by atoms with E-state index in [9.17, 15) is 9.18 Å². The SMILES string of the molecule is Cc1ccc(-n2cnnc2SCC(=O)NCc2ccc(-n3ccnc3C)c(F)c2)cc1. The molecule has 7 nitrogen and oxygen atoms in total. The van der Waals surface area contributed by atoms with Crippen LogP contribution >= 0.6 is 11.8 Å². The zero-order valence-electron chi connectivity index (χ0n) is 17.1. The Morgan fingerprint density at radius 1 is 1.13 bits per heavy atom. The van der Waals surface area contributed by atoms with E-state index in [4.69, 9.17) is 0 Å². The fourth-order valence-electron chi connectivity index (χ4n) is 3.08. The molecular weight excluding hydrogens is 415 g/mol. The van der Waals surface area contributed by atoms with Crippen LogP contribution in [0, 0.1) is 19.7 Å². The average Bonchev–Trinajstić information content (AvgIpc) is 3.40. The van der Waals surface area contributed by atoms with Crippen molar-refractivity contribution < 1.29 is 9.18 Å². The lowest BCUT2D eigenvalue weighted by Crippen LogP contribution is -2.24. The first-order chi connectivity index (χ1) is 15.0. The van der Waals surface area contributed by atoms with Gasteiger partial charge in [-0.05, 0) is 43.7 Å². The lowest BCUT2D eigenvalue weighted by molar-refractivity contribution is -0.118. The highest BCUT2D eigenvalue weighted by Gasteiger charge is 2.11. The highest BCUT2D eigenvalue weighted by molar-refractivity contribution is 7.99. The van der Waals surface area contributed by atoms with Crippen LogP contribution < -0.4 is 5.32 Å². The first-order valence-corrected chi connectivity index (χ1v) is 10.6. The van der Waals surface area contributed by atoms with Crippen molar-refractivity contribution in [1.29, 1.82) is 0 Å². The van der Waals surface area contributed by atoms with Gasteiger partial charge in [-0.25, -0.2) is 9.37 Å². The second kappa shape index (κ2) is 9.13. The standard InChI is InChI=1S/C22H21FN6OS/c1-15-3-6-18(7-4-15)29-14-26-27-22(29)31-13-21(30)25-12-17-5-8-20(19(23)11-17)28-10-9-24-16(28)2/h3-11,14H,12-13H2,1-2H3,(H,25,30). The van der Waals surface area contributed by atoms with E-state index >= 15 is 0 Å². The predicted molar refractivity (Wildman–Crippen MR) is 117 cm³/mol. The maximum Gasteiger partial charge on any atom is 0.230 e. The summed E-state index contributed by atoms with van der Waals surface area (Å²) < 4.78 is 18.0. The number of hydrogen-bond donors (Lipinski definition) is 1. The van der Waals surface area contributed by atoms with Gasteiger partial charge < -0.3 is 9.88 Å². The van der Waals surface area contributed by atoms with Crippen LogP contribution in [0.3, 0.4) is 0 Å². The minimum atomic E-state index is -0.367. The number of halogens is 1. The molecule has 0 aliphatic carbocycles. The van der Waals surface area contributed by atoms with Crippen LogP contribution in [-0.4, -0.2) is 36.0 Å². The molecule has 1 N–H and O–H groups in total. The molecule has 0 spiro atoms. The summed E-state index contributed by atoms with van der Waals surface area (Å²) in [6.07, 6.45) is 4.96. The molecule has 1 amide bonds. The maximum absolute atomic E-state index is 14.5. The summed E-state index contributed by atoms with van der Waals surface area (Å²) >= 11 is 1.29. The van der Waals surface area contributed by atoms with Gasteiger partial charge >= 0.3 is 0 Å². The van der Waals surface area contributed by atoms with Crippen LogP contribution in [-0.2, 0) is 11.3 Å². The molecule has 31 heavy (non-hydrogen) atoms. The molecule has 4 aromatic rings. The molecule has 0 bridgehead atoms. The van der Waals surface area contributed by atoms with Crippen LogP contribution in [0.1, 0.15) is 17.0 Å². The highest BCUT2D eigenvalue weighted by atomic mass is 32.2. The van der Waals surface area contributed by atoms with E-state index in [0.717, 1.165) is 11.3 Å². The number of aromatic nitrogens is 5. The van der Waals surface area contributed by atoms with E-state index in [0.29, 0.717) is 22.2 Å². The van der Waals surface area contributed by atoms with E-state index in [1.54, 1.807) is 35.4 Å². The third-order valence-corrected chi connectivity index (χ3v) is 5.69. The largest absolute Gasteiger partial charge is 0.351 e. The molecule has 0 fully saturated rings. The monoisotopic (exact) mass is 436 g/mol. The molecule has 4 rings (SSSR count). The summed E-state index contributed by atoms with van der Waals surface area (Å²) in [5.74, 6) is 0.349. The third-order valence-electron chi connectivity index (χ3n) is 4.75. The van der Waals surface area contributed by atoms with Crippen LogP contribution in [0.25, 0.3) is 11.4 Å². The molecule has 2 heterocycles. The van der Waals surface area contributed by atoms with Gasteiger partial charge in [0.25, 0.3) is 0 Å². The molecule has 0 radical (unpaired) electrons. The number of nitrogens with zero attached hydrogens (tertiary/aromatic N) is 5. The fraction of sp³-hybridized carbons (Fsp3) is 0.182. The van der Waals surface area contributed by atoms with Gasteiger partial charge in [0.1, 0.15) is 18.0 Å². The predicted octanol–water partition coefficient (Wildman–Crippen LogP) is 3.62. The topological polar surface area (TPSA) is 77.6 Å². The minimum Gasteiger partial charge on any atom is -0.351 e. The summed E-state index contributed by atoms with van der Waals surface area (Å²) in [5.41, 5.74) is 3.20. The molecule has 0 saturated carbocycles. The van der Waals surface area contributed by atoms with Crippen molar-refractivity contribution in [2.45, 2.75) is 25.5 Å². The molecule has 9 heteroatoms. The van der Waals surface area contributed by atoms with E-state index in [-0.39, 0.29) is 24.0 Å². The molecule has 0 atom stereocenters. The number of nitrogens with one attached hydrogen (secondary N) is 1. The average molecular weight is 437 g/mol. The second-order valence-electron chi connectivity index (χ2n) is 7.01. The van der Waals surface area contributed by atoms with Crippen molar-refractivity contribution in [2.24, 2.45) is 0 Å². The van der Waals surface area contributed by atoms with Crippen molar-refractivity contribution in [2.75, 3.05) is 5.75 Å². The number of aryl methyl sites for hydroxylation is 2. The van der Waals surface area contributed by atoms with Gasteiger partial charge in [0.2, 0.25) is 5.91 Å². The van der Waals surface area contributed by atoms with E-state index in [2.05, 4.69) is 20.5 Å². The van der Waals surface area contributed by atoms with Crippen LogP contribution in [0.5, 0.6) is 0 Å². The van der Waals surface area contributed by atoms with Gasteiger partial charge in [-0.15, -0.1) is 10.2 Å². The molecule has 0 saturated heterocycles. The number of amides is 1. The molecule has 0 aliphatic heterocycles. The Morgan fingerprint density at radius 3 is 2.65 bits per heavy atom. The van der Waals surface area contributed by atoms with Gasteiger partial charge in [0.05, 0.1) is 11.4 Å². The Labute approximate surface area is 183 Å². The van der Waals surface area contributed by atoms with Crippen LogP contribution in [0.15, 0.2) is 66.3 Å². The summed E-state index contributed by atoms with van der Waals surface area (Å²) in [6, 6.07) is 12.9. The summed E-state index contributed by atoms with van der Waals surface area (Å²) in [6.45, 7) is 4.07. The second-order valence-corrected chi connectivity index (χ2v) is 7.96. The van der Waals surface area contributed by atoms with Crippen molar-refractivity contribution >= 4 is 17.7 Å². The maximum atomic E-state index is 14.5. The van der Waals surface area contributed by atoms with Gasteiger partial charge in [0, 0.05) is 24.6 Å². The number of thioether (sulfide) groups is 1. The van der Waals surface area contributed by atoms with Crippen molar-refractivity contribution in [3.8, 4) is 11.4 Å². The molecule has 2 aromatic heterocycles. The number of benzene rings is 2. The van der Waals surface area contributed by atoms with Crippen LogP contribution in [0.4, 0.5) is 4.39 Å². The zero-order chi connectivity index (χ0) is 21.8. The number of imidazole rings is 1. The normalized spacial score (nSPS) is 10.9. The smallest absolute Gasteiger partial charge is 0.230 e. The quantitative estimate of drug-likeness (QED) is 0.448. The zero-order valence-corrected chi connectivity index (χ0v) is 17.9. The Morgan fingerprint density at radius 2 is 1.94 bits per heavy atom. The van der Waals surface area contributed by atoms with E-state index in [1.165, 1.54) is 17.8 Å². The van der Waals surface area contributed by atoms with Crippen molar-refractivity contribution in [1.82, 2.24) is 29.6 Å². The lowest BCUT2D eigenvalue weighted by Gasteiger charge is -2.10. The number of carbonyl (C=O) groups is 1. The van der Waals surface area contributed by atoms with Crippen molar-refractivity contribution in [3.05, 3.63) is 84.0 Å². The summed E-state index contributed by atoms with van der Waals surface area (Å²) in [5, 5.41) is 11.5. The minimum absolute atomic E-state index is 0.168. The molecule has 2 aromatic carbocycles. The van der Waals surface area contributed by atoms with Crippen LogP contribution in [0.2, 0.25) is 0 Å². The summed E-state index contributed by atoms with van der Waals surface area (Å²) in [4.78, 5) is 16.4. The highest BCUT2D eigenvalue weighted by Crippen LogP contribution is 2.20. The van der Waals surface area contributed by atoms with E-state index in [1.807, 2.05) is 42.7 Å². The number of rotatable bonds is 7. The van der Waals surface area contributed by atoms with Gasteiger partial charge in [-0.2, -0.15) is 0 Å². The third kappa shape index (κ3) is 4.83. The Bertz CT molecular complexity index is 1200. The van der Waals surface area contributed by atoms with Gasteiger partial charge in [-0.3, -0.25) is 9.36 Å². The molecular formula is C22H21FN6OS. The molecule has 0 aliphatic rings. The van der Waals surface area contributed by atoms with E-state index < -0.39 is 0 Å². The Hall–Kier alpha value is -3.46. The number of carbonyl (C=O) groups excluding carboxylic acids is 1. The fourth-order valence-corrected chi connectivity index (χ4v) is 3.83. The number of hydrogen-bond acceptors (Lipinski definition) is 5. The molecule has 158 valence electrons. The first-order valence-electron chi connectivity index (χ1n) is 9.66. The first kappa shape index (κ1) is 20.8. The molecule has 0 unspecified atom stereocenters. The van der Waals surface area contributed by atoms with Crippen molar-refractivity contribution in [3.63, 3.8) is 0 Å². The lowest BCUT2D eigenvalue weighted by atomic mass is 10.2.